The number of hydrogen-bond acceptors (Lipinski definition) is 1. The maximum absolute atomic E-state index is 10.2. The lowest BCUT2D eigenvalue weighted by atomic mass is 9.54. The molecule has 7 unspecified atom stereocenters. The summed E-state index contributed by atoms with van der Waals surface area (Å²) in [7, 11) is 0. The quantitative estimate of drug-likeness (QED) is 0.393. The molecule has 0 radical (unpaired) electrons. The van der Waals surface area contributed by atoms with Gasteiger partial charge in [0.15, 0.2) is 0 Å². The van der Waals surface area contributed by atoms with E-state index in [9.17, 15) is 5.11 Å². The van der Waals surface area contributed by atoms with Crippen LogP contribution in [0.4, 0.5) is 0 Å². The van der Waals surface area contributed by atoms with Gasteiger partial charge in [-0.2, -0.15) is 0 Å². The summed E-state index contributed by atoms with van der Waals surface area (Å²) in [6.07, 6.45) is 14.0. The van der Waals surface area contributed by atoms with Crippen LogP contribution in [-0.4, -0.2) is 11.2 Å². The Labute approximate surface area is 207 Å². The Hall–Kier alpha value is -0.300. The molecule has 0 bridgehead atoms. The molecule has 0 aromatic heterocycles. The van der Waals surface area contributed by atoms with Gasteiger partial charge in [-0.15, -0.1) is 0 Å². The molecule has 0 spiro atoms. The minimum absolute atomic E-state index is 0.103. The van der Waals surface area contributed by atoms with Gasteiger partial charge in [0, 0.05) is 0 Å². The number of allylic oxidation sites excluding steroid dienone is 1. The van der Waals surface area contributed by atoms with Crippen molar-refractivity contribution in [3.05, 3.63) is 11.6 Å². The molecule has 0 aromatic rings. The van der Waals surface area contributed by atoms with E-state index in [1.165, 1.54) is 44.9 Å². The molecule has 3 fully saturated rings. The van der Waals surface area contributed by atoms with E-state index in [4.69, 9.17) is 0 Å². The van der Waals surface area contributed by atoms with Gasteiger partial charge in [0.1, 0.15) is 0 Å². The second kappa shape index (κ2) is 9.99. The van der Waals surface area contributed by atoms with E-state index in [1.54, 1.807) is 5.57 Å². The summed E-state index contributed by atoms with van der Waals surface area (Å²) >= 11 is 0. The highest BCUT2D eigenvalue weighted by Gasteiger charge is 2.53. The molecule has 0 amide bonds. The van der Waals surface area contributed by atoms with E-state index in [0.29, 0.717) is 22.2 Å². The molecule has 192 valence electrons. The number of hydrogen-bond donors (Lipinski definition) is 1. The van der Waals surface area contributed by atoms with Gasteiger partial charge in [0.05, 0.1) is 6.10 Å². The van der Waals surface area contributed by atoms with Crippen molar-refractivity contribution < 1.29 is 5.11 Å². The molecular weight excluding hydrogens is 400 g/mol. The van der Waals surface area contributed by atoms with Crippen LogP contribution < -0.4 is 0 Å². The van der Waals surface area contributed by atoms with Crippen LogP contribution >= 0.6 is 0 Å². The van der Waals surface area contributed by atoms with Crippen LogP contribution in [0.5, 0.6) is 0 Å². The van der Waals surface area contributed by atoms with Crippen molar-refractivity contribution in [2.75, 3.05) is 0 Å². The highest BCUT2D eigenvalue weighted by Crippen LogP contribution is 2.62. The molecule has 3 aliphatic carbocycles. The molecular formula is C32H58O. The zero-order chi connectivity index (χ0) is 24.8. The van der Waals surface area contributed by atoms with Crippen LogP contribution in [0.1, 0.15) is 127 Å². The third-order valence-corrected chi connectivity index (χ3v) is 12.2. The Balaban J connectivity index is 1.71. The second-order valence-corrected chi connectivity index (χ2v) is 14.9. The minimum Gasteiger partial charge on any atom is -0.393 e. The predicted molar refractivity (Wildman–Crippen MR) is 144 cm³/mol. The first-order chi connectivity index (χ1) is 15.2. The maximum atomic E-state index is 10.2. The number of aliphatic hydroxyl groups is 1. The normalized spacial score (nSPS) is 39.8. The third kappa shape index (κ3) is 5.44. The lowest BCUT2D eigenvalue weighted by molar-refractivity contribution is -0.0226. The fraction of sp³-hybridized carbons (Fsp3) is 0.938. The van der Waals surface area contributed by atoms with Crippen molar-refractivity contribution in [1.29, 1.82) is 0 Å². The topological polar surface area (TPSA) is 20.2 Å². The van der Waals surface area contributed by atoms with Gasteiger partial charge in [-0.05, 0) is 109 Å². The van der Waals surface area contributed by atoms with Crippen molar-refractivity contribution in [2.45, 2.75) is 133 Å². The molecule has 0 aliphatic heterocycles. The summed E-state index contributed by atoms with van der Waals surface area (Å²) in [6.45, 7) is 25.0. The number of aliphatic hydroxyl groups excluding tert-OH is 1. The van der Waals surface area contributed by atoms with E-state index < -0.39 is 0 Å². The molecule has 9 atom stereocenters. The molecule has 0 aromatic carbocycles. The molecule has 1 N–H and O–H groups in total. The number of rotatable bonds is 6. The average molecular weight is 459 g/mol. The van der Waals surface area contributed by atoms with E-state index in [1.807, 2.05) is 0 Å². The maximum Gasteiger partial charge on any atom is 0.0580 e. The zero-order valence-electron chi connectivity index (χ0n) is 24.0. The van der Waals surface area contributed by atoms with Crippen molar-refractivity contribution in [1.82, 2.24) is 0 Å². The van der Waals surface area contributed by atoms with Crippen LogP contribution in [-0.2, 0) is 0 Å². The van der Waals surface area contributed by atoms with Crippen LogP contribution in [0.2, 0.25) is 0 Å². The summed E-state index contributed by atoms with van der Waals surface area (Å²) < 4.78 is 0. The fourth-order valence-electron chi connectivity index (χ4n) is 8.64. The molecule has 0 heterocycles. The Bertz CT molecular complexity index is 669. The van der Waals surface area contributed by atoms with E-state index in [0.717, 1.165) is 48.3 Å². The minimum atomic E-state index is -0.103. The number of fused-ring (bicyclic) bond motifs is 1. The van der Waals surface area contributed by atoms with Crippen LogP contribution in [0.3, 0.4) is 0 Å². The Morgan fingerprint density at radius 2 is 1.70 bits per heavy atom. The Kier molecular flexibility index (Phi) is 8.26. The molecule has 1 heteroatoms. The lowest BCUT2D eigenvalue weighted by Crippen LogP contribution is -2.44. The molecule has 0 saturated heterocycles. The predicted octanol–water partition coefficient (Wildman–Crippen LogP) is 9.30. The SMILES string of the molecule is CC(C(C)C(C)C(C)(C)C(C)(C)C)C1CCC2C(C/C=C3/C[C@@H](C)C[C@H](O)C3)CCCC21C. The van der Waals surface area contributed by atoms with Crippen LogP contribution in [0.15, 0.2) is 11.6 Å². The highest BCUT2D eigenvalue weighted by atomic mass is 16.3. The van der Waals surface area contributed by atoms with Gasteiger partial charge in [-0.3, -0.25) is 0 Å². The van der Waals surface area contributed by atoms with Crippen LogP contribution in [0.25, 0.3) is 0 Å². The van der Waals surface area contributed by atoms with Gasteiger partial charge in [0.2, 0.25) is 0 Å². The van der Waals surface area contributed by atoms with Gasteiger partial charge in [0.25, 0.3) is 0 Å². The summed E-state index contributed by atoms with van der Waals surface area (Å²) in [5, 5.41) is 10.2. The van der Waals surface area contributed by atoms with E-state index >= 15 is 0 Å². The second-order valence-electron chi connectivity index (χ2n) is 14.9. The molecule has 3 rings (SSSR count). The largest absolute Gasteiger partial charge is 0.393 e. The van der Waals surface area contributed by atoms with Gasteiger partial charge >= 0.3 is 0 Å². The summed E-state index contributed by atoms with van der Waals surface area (Å²) in [6, 6.07) is 0. The first-order valence-electron chi connectivity index (χ1n) is 14.5. The van der Waals surface area contributed by atoms with E-state index in [-0.39, 0.29) is 6.10 Å². The van der Waals surface area contributed by atoms with Gasteiger partial charge in [-0.1, -0.05) is 87.3 Å². The molecule has 3 aliphatic rings. The van der Waals surface area contributed by atoms with Crippen molar-refractivity contribution >= 4 is 0 Å². The van der Waals surface area contributed by atoms with Crippen molar-refractivity contribution in [3.63, 3.8) is 0 Å². The van der Waals surface area contributed by atoms with E-state index in [2.05, 4.69) is 75.3 Å². The van der Waals surface area contributed by atoms with Crippen molar-refractivity contribution in [3.8, 4) is 0 Å². The lowest BCUT2D eigenvalue weighted by Gasteiger charge is -2.51. The van der Waals surface area contributed by atoms with Crippen molar-refractivity contribution in [2.24, 2.45) is 57.7 Å². The summed E-state index contributed by atoms with van der Waals surface area (Å²) in [4.78, 5) is 0. The highest BCUT2D eigenvalue weighted by molar-refractivity contribution is 5.10. The Morgan fingerprint density at radius 1 is 1.03 bits per heavy atom. The standard InChI is InChI=1S/C32H58O/c1-21-18-25(20-27(33)19-21)13-14-26-12-11-17-32(10)28(15-16-29(26)32)23(3)22(2)24(4)31(8,9)30(5,6)7/h13,21-24,26-29,33H,11-12,14-20H2,1-10H3/b25-13-/t21-,22?,23?,24?,26?,27+,28?,29?,32?/m1/s1. The molecule has 33 heavy (non-hydrogen) atoms. The average Bonchev–Trinajstić information content (AvgIpc) is 3.06. The van der Waals surface area contributed by atoms with Crippen LogP contribution in [0, 0.1) is 57.7 Å². The monoisotopic (exact) mass is 458 g/mol. The van der Waals surface area contributed by atoms with Gasteiger partial charge in [-0.25, -0.2) is 0 Å². The molecule has 3 saturated carbocycles. The zero-order valence-corrected chi connectivity index (χ0v) is 24.0. The first-order valence-corrected chi connectivity index (χ1v) is 14.5. The van der Waals surface area contributed by atoms with Gasteiger partial charge < -0.3 is 5.11 Å². The first kappa shape index (κ1) is 27.3. The Morgan fingerprint density at radius 3 is 2.30 bits per heavy atom. The molecule has 1 nitrogen and oxygen atoms in total. The smallest absolute Gasteiger partial charge is 0.0580 e. The fourth-order valence-corrected chi connectivity index (χ4v) is 8.64. The third-order valence-electron chi connectivity index (χ3n) is 12.2. The summed E-state index contributed by atoms with van der Waals surface area (Å²) in [5.41, 5.74) is 2.74. The summed E-state index contributed by atoms with van der Waals surface area (Å²) in [5.74, 6) is 5.56.